The van der Waals surface area contributed by atoms with Gasteiger partial charge in [-0.2, -0.15) is 9.98 Å². The highest BCUT2D eigenvalue weighted by molar-refractivity contribution is 5.64. The van der Waals surface area contributed by atoms with Gasteiger partial charge in [0.05, 0.1) is 23.3 Å². The third-order valence-corrected chi connectivity index (χ3v) is 3.08. The summed E-state index contributed by atoms with van der Waals surface area (Å²) in [5.41, 5.74) is 3.08. The van der Waals surface area contributed by atoms with Gasteiger partial charge in [0.15, 0.2) is 0 Å². The molecule has 2 aromatic carbocycles. The van der Waals surface area contributed by atoms with Gasteiger partial charge in [-0.25, -0.2) is 14.3 Å². The third-order valence-electron chi connectivity index (χ3n) is 3.08. The second kappa shape index (κ2) is 6.41. The van der Waals surface area contributed by atoms with Gasteiger partial charge in [-0.05, 0) is 30.3 Å². The second-order valence-electron chi connectivity index (χ2n) is 4.52. The molecule has 7 nitrogen and oxygen atoms in total. The quantitative estimate of drug-likeness (QED) is 0.547. The molecule has 0 saturated heterocycles. The molecule has 0 amide bonds. The van der Waals surface area contributed by atoms with Crippen molar-refractivity contribution in [1.29, 1.82) is 0 Å². The van der Waals surface area contributed by atoms with Crippen LogP contribution < -0.4 is 0 Å². The first-order chi connectivity index (χ1) is 11.3. The van der Waals surface area contributed by atoms with E-state index in [0.717, 1.165) is 5.56 Å². The van der Waals surface area contributed by atoms with Gasteiger partial charge in [0, 0.05) is 5.56 Å². The van der Waals surface area contributed by atoms with E-state index in [1.165, 1.54) is 12.2 Å². The van der Waals surface area contributed by atoms with Crippen LogP contribution in [-0.4, -0.2) is 27.2 Å². The highest BCUT2D eigenvalue weighted by Gasteiger charge is 2.06. The molecule has 23 heavy (non-hydrogen) atoms. The van der Waals surface area contributed by atoms with Gasteiger partial charge in [-0.1, -0.05) is 23.4 Å². The molecule has 110 valence electrons. The smallest absolute Gasteiger partial charge is 0.220 e. The predicted molar refractivity (Wildman–Crippen MR) is 82.4 cm³/mol. The summed E-state index contributed by atoms with van der Waals surface area (Å²) in [6, 6.07) is 14.0. The zero-order valence-electron chi connectivity index (χ0n) is 11.7. The predicted octanol–water partition coefficient (Wildman–Crippen LogP) is 2.87. The van der Waals surface area contributed by atoms with Crippen LogP contribution in [0, 0.1) is 0 Å². The highest BCUT2D eigenvalue weighted by atomic mass is 16.1. The summed E-state index contributed by atoms with van der Waals surface area (Å²) in [5, 5.41) is 8.16. The number of hydrogen-bond acceptors (Lipinski definition) is 6. The molecule has 0 aliphatic rings. The lowest BCUT2D eigenvalue weighted by molar-refractivity contribution is 0.564. The minimum Gasteiger partial charge on any atom is -0.220 e. The van der Waals surface area contributed by atoms with Crippen LogP contribution in [0.2, 0.25) is 0 Å². The van der Waals surface area contributed by atoms with E-state index in [2.05, 4.69) is 20.3 Å². The summed E-state index contributed by atoms with van der Waals surface area (Å²) in [4.78, 5) is 27.8. The number of nitrogens with zero attached hydrogens (tertiary/aromatic N) is 5. The van der Waals surface area contributed by atoms with Crippen molar-refractivity contribution in [2.75, 3.05) is 0 Å². The highest BCUT2D eigenvalue weighted by Crippen LogP contribution is 2.23. The summed E-state index contributed by atoms with van der Waals surface area (Å²) >= 11 is 0. The van der Waals surface area contributed by atoms with Crippen LogP contribution in [-0.2, 0) is 9.59 Å². The summed E-state index contributed by atoms with van der Waals surface area (Å²) in [6.45, 7) is 0. The lowest BCUT2D eigenvalue weighted by Crippen LogP contribution is -1.93. The number of benzene rings is 2. The van der Waals surface area contributed by atoms with Crippen LogP contribution in [0.25, 0.3) is 16.9 Å². The average molecular weight is 303 g/mol. The van der Waals surface area contributed by atoms with Crippen LogP contribution >= 0.6 is 0 Å². The Morgan fingerprint density at radius 3 is 2.35 bits per heavy atom. The van der Waals surface area contributed by atoms with Gasteiger partial charge >= 0.3 is 0 Å². The molecular formula is C16H9N5O2. The van der Waals surface area contributed by atoms with Gasteiger partial charge < -0.3 is 0 Å². The van der Waals surface area contributed by atoms with Crippen LogP contribution in [0.4, 0.5) is 11.4 Å². The SMILES string of the molecule is O=C=Nc1cccc(-c2cn(-c3cccc(N=C=O)c3)nn2)c1. The van der Waals surface area contributed by atoms with Crippen molar-refractivity contribution in [2.24, 2.45) is 9.98 Å². The van der Waals surface area contributed by atoms with E-state index in [9.17, 15) is 9.59 Å². The van der Waals surface area contributed by atoms with Gasteiger partial charge in [0.2, 0.25) is 12.2 Å². The molecule has 0 spiro atoms. The number of rotatable bonds is 4. The van der Waals surface area contributed by atoms with E-state index in [4.69, 9.17) is 0 Å². The minimum atomic E-state index is 0.483. The Balaban J connectivity index is 1.97. The van der Waals surface area contributed by atoms with E-state index in [1.807, 2.05) is 12.1 Å². The van der Waals surface area contributed by atoms with Crippen LogP contribution in [0.15, 0.2) is 64.7 Å². The lowest BCUT2D eigenvalue weighted by atomic mass is 10.1. The van der Waals surface area contributed by atoms with Gasteiger partial charge in [-0.3, -0.25) is 0 Å². The first kappa shape index (κ1) is 14.3. The maximum atomic E-state index is 10.3. The van der Waals surface area contributed by atoms with Crippen molar-refractivity contribution < 1.29 is 9.59 Å². The molecule has 0 radical (unpaired) electrons. The minimum absolute atomic E-state index is 0.483. The Hall–Kier alpha value is -3.66. The normalized spacial score (nSPS) is 9.74. The molecule has 0 atom stereocenters. The summed E-state index contributed by atoms with van der Waals surface area (Å²) in [5.74, 6) is 0. The lowest BCUT2D eigenvalue weighted by Gasteiger charge is -2.00. The van der Waals surface area contributed by atoms with Crippen LogP contribution in [0.3, 0.4) is 0 Å². The van der Waals surface area contributed by atoms with Crippen molar-refractivity contribution in [3.63, 3.8) is 0 Å². The Morgan fingerprint density at radius 2 is 1.61 bits per heavy atom. The summed E-state index contributed by atoms with van der Waals surface area (Å²) < 4.78 is 1.56. The maximum absolute atomic E-state index is 10.3. The fourth-order valence-electron chi connectivity index (χ4n) is 2.07. The van der Waals surface area contributed by atoms with Crippen molar-refractivity contribution in [2.45, 2.75) is 0 Å². The van der Waals surface area contributed by atoms with Crippen molar-refractivity contribution in [3.8, 4) is 16.9 Å². The topological polar surface area (TPSA) is 89.6 Å². The molecule has 3 aromatic rings. The largest absolute Gasteiger partial charge is 0.240 e. The van der Waals surface area contributed by atoms with Crippen LogP contribution in [0.1, 0.15) is 0 Å². The average Bonchev–Trinajstić information content (AvgIpc) is 3.06. The molecule has 0 N–H and O–H groups in total. The molecule has 0 saturated carbocycles. The van der Waals surface area contributed by atoms with Crippen molar-refractivity contribution >= 4 is 23.5 Å². The fraction of sp³-hybridized carbons (Fsp3) is 0. The molecule has 0 aliphatic heterocycles. The molecule has 0 fully saturated rings. The number of aliphatic imine (C=N–C) groups is 2. The van der Waals surface area contributed by atoms with Gasteiger partial charge in [-0.15, -0.1) is 5.10 Å². The first-order valence-corrected chi connectivity index (χ1v) is 6.59. The Kier molecular flexibility index (Phi) is 3.98. The van der Waals surface area contributed by atoms with Crippen LogP contribution in [0.5, 0.6) is 0 Å². The monoisotopic (exact) mass is 303 g/mol. The number of isocyanates is 2. The van der Waals surface area contributed by atoms with Crippen molar-refractivity contribution in [1.82, 2.24) is 15.0 Å². The molecular weight excluding hydrogens is 294 g/mol. The van der Waals surface area contributed by atoms with Gasteiger partial charge in [0.25, 0.3) is 0 Å². The van der Waals surface area contributed by atoms with Gasteiger partial charge in [0.1, 0.15) is 5.69 Å². The fourth-order valence-corrected chi connectivity index (χ4v) is 2.07. The Bertz CT molecular complexity index is 874. The van der Waals surface area contributed by atoms with E-state index >= 15 is 0 Å². The van der Waals surface area contributed by atoms with E-state index in [-0.39, 0.29) is 0 Å². The summed E-state index contributed by atoms with van der Waals surface area (Å²) in [7, 11) is 0. The van der Waals surface area contributed by atoms with E-state index < -0.39 is 0 Å². The molecule has 3 rings (SSSR count). The van der Waals surface area contributed by atoms with E-state index in [0.29, 0.717) is 22.8 Å². The van der Waals surface area contributed by atoms with E-state index in [1.54, 1.807) is 47.3 Å². The maximum Gasteiger partial charge on any atom is 0.240 e. The second-order valence-corrected chi connectivity index (χ2v) is 4.52. The molecule has 1 heterocycles. The third kappa shape index (κ3) is 3.16. The zero-order chi connectivity index (χ0) is 16.1. The standard InChI is InChI=1S/C16H9N5O2/c22-10-17-13-4-1-3-12(7-13)16-9-21(20-19-16)15-6-2-5-14(8-15)18-11-23/h1-9H. The number of aromatic nitrogens is 3. The number of hydrogen-bond donors (Lipinski definition) is 0. The molecule has 0 bridgehead atoms. The molecule has 1 aromatic heterocycles. The van der Waals surface area contributed by atoms with Crippen molar-refractivity contribution in [3.05, 3.63) is 54.7 Å². The zero-order valence-corrected chi connectivity index (χ0v) is 11.7. The molecule has 0 unspecified atom stereocenters. The first-order valence-electron chi connectivity index (χ1n) is 6.59. The number of carbonyl (C=O) groups excluding carboxylic acids is 2. The summed E-state index contributed by atoms with van der Waals surface area (Å²) in [6.07, 6.45) is 4.73. The molecule has 7 heteroatoms. The molecule has 0 aliphatic carbocycles. The Labute approximate surface area is 130 Å². The Morgan fingerprint density at radius 1 is 0.913 bits per heavy atom.